The molecule has 3 heterocycles. The summed E-state index contributed by atoms with van der Waals surface area (Å²) in [5, 5.41) is 5.35. The van der Waals surface area contributed by atoms with Crippen LogP contribution in [0.2, 0.25) is 0 Å². The van der Waals surface area contributed by atoms with E-state index in [4.69, 9.17) is 0 Å². The summed E-state index contributed by atoms with van der Waals surface area (Å²) in [6.07, 6.45) is 6.60. The van der Waals surface area contributed by atoms with E-state index in [1.54, 1.807) is 11.1 Å². The number of thiophene rings is 1. The fourth-order valence-corrected chi connectivity index (χ4v) is 13.0. The fourth-order valence-electron chi connectivity index (χ4n) is 11.8. The zero-order valence-electron chi connectivity index (χ0n) is 31.1. The number of nitrogens with zero attached hydrogens (tertiary/aromatic N) is 2. The van der Waals surface area contributed by atoms with E-state index >= 15 is 0 Å². The Balaban J connectivity index is 1.14. The molecule has 2 nitrogen and oxygen atoms in total. The SMILES string of the molecule is CC1C[C@H]2CCC[C@@H](C1)C21c2ccccc2-n2c3ccccc3c3c(N(c4ccccc4)c4cccc(-c5cccc6c5sc5ccccc56)c4)ccc1c32. The minimum Gasteiger partial charge on any atom is -0.310 e. The summed E-state index contributed by atoms with van der Waals surface area (Å²) in [4.78, 5) is 2.53. The van der Waals surface area contributed by atoms with Gasteiger partial charge in [-0.3, -0.25) is 0 Å². The fraction of sp³-hybridized carbons (Fsp3) is 0.192. The van der Waals surface area contributed by atoms with Crippen molar-refractivity contribution < 1.29 is 0 Å². The largest absolute Gasteiger partial charge is 0.310 e. The highest BCUT2D eigenvalue weighted by atomic mass is 32.1. The molecule has 2 bridgehead atoms. The van der Waals surface area contributed by atoms with Gasteiger partial charge in [-0.1, -0.05) is 123 Å². The van der Waals surface area contributed by atoms with Crippen molar-refractivity contribution in [2.24, 2.45) is 17.8 Å². The molecule has 2 fully saturated rings. The summed E-state index contributed by atoms with van der Waals surface area (Å²) in [5.74, 6) is 2.07. The third kappa shape index (κ3) is 4.36. The maximum absolute atomic E-state index is 2.64. The highest BCUT2D eigenvalue weighted by Crippen LogP contribution is 2.64. The van der Waals surface area contributed by atoms with Gasteiger partial charge in [0.05, 0.1) is 22.4 Å². The van der Waals surface area contributed by atoms with Crippen LogP contribution in [0.3, 0.4) is 0 Å². The molecule has 12 rings (SSSR count). The van der Waals surface area contributed by atoms with Crippen LogP contribution in [0.25, 0.3) is 58.8 Å². The van der Waals surface area contributed by atoms with Crippen molar-refractivity contribution >= 4 is 70.4 Å². The standard InChI is InChI=1S/C52H42N2S/c1-33-30-35-15-12-16-36(31-33)52(35)43-24-7-9-26-46(43)54-45-25-8-5-21-42(45)49-47(29-28-44(52)50(49)54)53(37-17-3-2-4-18-37)38-19-11-14-34(32-38)39-22-13-23-41-40-20-6-10-27-48(40)55-51(39)41/h2-11,13-14,17-29,32-33,35-36H,12,15-16,30-31H2,1H3/t33?,35-,36+,52?. The smallest absolute Gasteiger partial charge is 0.0603 e. The maximum atomic E-state index is 2.64. The second-order valence-electron chi connectivity index (χ2n) is 16.5. The molecule has 3 heteroatoms. The molecule has 0 saturated heterocycles. The van der Waals surface area contributed by atoms with Gasteiger partial charge in [0.25, 0.3) is 0 Å². The second-order valence-corrected chi connectivity index (χ2v) is 17.5. The Labute approximate surface area is 326 Å². The van der Waals surface area contributed by atoms with E-state index < -0.39 is 0 Å². The first kappa shape index (κ1) is 31.7. The molecule has 0 N–H and O–H groups in total. The maximum Gasteiger partial charge on any atom is 0.0603 e. The molecule has 9 aromatic rings. The van der Waals surface area contributed by atoms with E-state index in [2.05, 4.69) is 174 Å². The lowest BCUT2D eigenvalue weighted by molar-refractivity contribution is 0.0532. The molecule has 3 aliphatic rings. The van der Waals surface area contributed by atoms with Gasteiger partial charge >= 0.3 is 0 Å². The Morgan fingerprint density at radius 3 is 2.20 bits per heavy atom. The molecule has 0 amide bonds. The molecular formula is C52H42N2S. The molecule has 7 aromatic carbocycles. The monoisotopic (exact) mass is 726 g/mol. The predicted molar refractivity (Wildman–Crippen MR) is 234 cm³/mol. The van der Waals surface area contributed by atoms with Gasteiger partial charge < -0.3 is 9.47 Å². The number of hydrogen-bond acceptors (Lipinski definition) is 2. The van der Waals surface area contributed by atoms with E-state index in [-0.39, 0.29) is 5.41 Å². The normalized spacial score (nSPS) is 21.4. The van der Waals surface area contributed by atoms with Gasteiger partial charge in [0.1, 0.15) is 0 Å². The van der Waals surface area contributed by atoms with Gasteiger partial charge in [-0.2, -0.15) is 0 Å². The van der Waals surface area contributed by atoms with Gasteiger partial charge in [-0.05, 0) is 114 Å². The highest BCUT2D eigenvalue weighted by Gasteiger charge is 2.56. The van der Waals surface area contributed by atoms with Gasteiger partial charge in [-0.25, -0.2) is 0 Å². The van der Waals surface area contributed by atoms with Crippen molar-refractivity contribution in [3.05, 3.63) is 169 Å². The number of anilines is 3. The lowest BCUT2D eigenvalue weighted by atomic mass is 9.47. The van der Waals surface area contributed by atoms with Crippen molar-refractivity contribution in [2.45, 2.75) is 44.4 Å². The quantitative estimate of drug-likeness (QED) is 0.175. The average molecular weight is 727 g/mol. The van der Waals surface area contributed by atoms with Gasteiger partial charge in [-0.15, -0.1) is 11.3 Å². The second kappa shape index (κ2) is 11.9. The number of benzene rings is 7. The molecule has 4 atom stereocenters. The van der Waals surface area contributed by atoms with Crippen LogP contribution in [0, 0.1) is 17.8 Å². The summed E-state index contributed by atoms with van der Waals surface area (Å²) >= 11 is 1.90. The van der Waals surface area contributed by atoms with Crippen molar-refractivity contribution in [1.29, 1.82) is 0 Å². The lowest BCUT2D eigenvalue weighted by Gasteiger charge is -2.57. The number of rotatable bonds is 4. The molecule has 0 radical (unpaired) electrons. The van der Waals surface area contributed by atoms with E-state index in [0.29, 0.717) is 11.8 Å². The molecule has 1 spiro atoms. The summed E-state index contributed by atoms with van der Waals surface area (Å²) in [6, 6.07) is 59.6. The van der Waals surface area contributed by atoms with E-state index in [1.807, 2.05) is 11.3 Å². The topological polar surface area (TPSA) is 8.17 Å². The van der Waals surface area contributed by atoms with E-state index in [1.165, 1.54) is 108 Å². The molecule has 266 valence electrons. The Bertz CT molecular complexity index is 2950. The Morgan fingerprint density at radius 2 is 1.33 bits per heavy atom. The molecule has 2 saturated carbocycles. The first-order chi connectivity index (χ1) is 27.2. The number of hydrogen-bond donors (Lipinski definition) is 0. The Hall–Kier alpha value is -5.64. The minimum absolute atomic E-state index is 0.0307. The first-order valence-electron chi connectivity index (χ1n) is 20.2. The Kier molecular flexibility index (Phi) is 6.87. The van der Waals surface area contributed by atoms with Crippen molar-refractivity contribution in [3.8, 4) is 16.8 Å². The van der Waals surface area contributed by atoms with Crippen LogP contribution in [0.15, 0.2) is 158 Å². The minimum atomic E-state index is 0.0307. The molecule has 2 aliphatic carbocycles. The summed E-state index contributed by atoms with van der Waals surface area (Å²) in [7, 11) is 0. The van der Waals surface area contributed by atoms with Crippen LogP contribution in [-0.2, 0) is 5.41 Å². The van der Waals surface area contributed by atoms with Crippen LogP contribution < -0.4 is 4.90 Å². The van der Waals surface area contributed by atoms with Gasteiger partial charge in [0.2, 0.25) is 0 Å². The molecular weight excluding hydrogens is 685 g/mol. The average Bonchev–Trinajstić information content (AvgIpc) is 3.78. The third-order valence-corrected chi connectivity index (χ3v) is 14.9. The van der Waals surface area contributed by atoms with E-state index in [9.17, 15) is 0 Å². The first-order valence-corrected chi connectivity index (χ1v) is 21.0. The highest BCUT2D eigenvalue weighted by molar-refractivity contribution is 7.26. The van der Waals surface area contributed by atoms with Crippen molar-refractivity contribution in [1.82, 2.24) is 4.57 Å². The summed E-state index contributed by atoms with van der Waals surface area (Å²) in [6.45, 7) is 2.51. The third-order valence-electron chi connectivity index (χ3n) is 13.7. The summed E-state index contributed by atoms with van der Waals surface area (Å²) < 4.78 is 5.32. The van der Waals surface area contributed by atoms with Crippen molar-refractivity contribution in [3.63, 3.8) is 0 Å². The molecule has 55 heavy (non-hydrogen) atoms. The number of aromatic nitrogens is 1. The molecule has 2 unspecified atom stereocenters. The van der Waals surface area contributed by atoms with Crippen LogP contribution in [0.5, 0.6) is 0 Å². The Morgan fingerprint density at radius 1 is 0.618 bits per heavy atom. The lowest BCUT2D eigenvalue weighted by Crippen LogP contribution is -2.52. The predicted octanol–water partition coefficient (Wildman–Crippen LogP) is 14.7. The zero-order chi connectivity index (χ0) is 36.3. The van der Waals surface area contributed by atoms with Crippen molar-refractivity contribution in [2.75, 3.05) is 4.90 Å². The van der Waals surface area contributed by atoms with Gasteiger partial charge in [0.15, 0.2) is 0 Å². The zero-order valence-corrected chi connectivity index (χ0v) is 31.9. The van der Waals surface area contributed by atoms with Crippen LogP contribution in [0.1, 0.15) is 50.2 Å². The number of fused-ring (bicyclic) bond motifs is 8. The van der Waals surface area contributed by atoms with Crippen LogP contribution in [-0.4, -0.2) is 4.57 Å². The van der Waals surface area contributed by atoms with Gasteiger partial charge in [0, 0.05) is 47.7 Å². The van der Waals surface area contributed by atoms with Crippen LogP contribution >= 0.6 is 11.3 Å². The molecule has 1 aliphatic heterocycles. The molecule has 2 aromatic heterocycles. The summed E-state index contributed by atoms with van der Waals surface area (Å²) in [5.41, 5.74) is 13.3. The number of para-hydroxylation sites is 3. The van der Waals surface area contributed by atoms with E-state index in [0.717, 1.165) is 5.92 Å². The van der Waals surface area contributed by atoms with Crippen LogP contribution in [0.4, 0.5) is 17.1 Å².